The first-order chi connectivity index (χ1) is 5.75. The Morgan fingerprint density at radius 1 is 1.83 bits per heavy atom. The first kappa shape index (κ1) is 9.48. The highest BCUT2D eigenvalue weighted by molar-refractivity contribution is 5.72. The monoisotopic (exact) mass is 174 g/mol. The van der Waals surface area contributed by atoms with E-state index in [2.05, 4.69) is 0 Å². The Labute approximate surface area is 71.5 Å². The number of carboxylic acids is 1. The standard InChI is InChI=1S/C8H14O4/c1-2-12-7(8(9)10)6-3-4-11-5-6/h6-7H,2-5H2,1H3,(H,9,10)/t6-,7-/m1/s1. The van der Waals surface area contributed by atoms with E-state index in [1.54, 1.807) is 6.92 Å². The van der Waals surface area contributed by atoms with Crippen molar-refractivity contribution in [3.63, 3.8) is 0 Å². The van der Waals surface area contributed by atoms with Crippen LogP contribution in [0.25, 0.3) is 0 Å². The Morgan fingerprint density at radius 3 is 3.00 bits per heavy atom. The number of hydrogen-bond donors (Lipinski definition) is 1. The molecule has 1 aliphatic heterocycles. The van der Waals surface area contributed by atoms with Crippen LogP contribution in [0.3, 0.4) is 0 Å². The molecular formula is C8H14O4. The molecule has 0 radical (unpaired) electrons. The van der Waals surface area contributed by atoms with E-state index < -0.39 is 12.1 Å². The molecule has 1 fully saturated rings. The van der Waals surface area contributed by atoms with Gasteiger partial charge in [0.25, 0.3) is 0 Å². The summed E-state index contributed by atoms with van der Waals surface area (Å²) < 4.78 is 10.2. The molecule has 0 bridgehead atoms. The maximum Gasteiger partial charge on any atom is 0.333 e. The molecule has 1 aliphatic rings. The normalized spacial score (nSPS) is 25.6. The fourth-order valence-electron chi connectivity index (χ4n) is 1.38. The molecular weight excluding hydrogens is 160 g/mol. The molecule has 0 aromatic carbocycles. The highest BCUT2D eigenvalue weighted by Crippen LogP contribution is 2.19. The molecule has 0 saturated carbocycles. The average Bonchev–Trinajstić information content (AvgIpc) is 2.51. The van der Waals surface area contributed by atoms with Crippen molar-refractivity contribution < 1.29 is 19.4 Å². The summed E-state index contributed by atoms with van der Waals surface area (Å²) in [7, 11) is 0. The molecule has 1 heterocycles. The van der Waals surface area contributed by atoms with Crippen molar-refractivity contribution in [2.45, 2.75) is 19.4 Å². The van der Waals surface area contributed by atoms with Gasteiger partial charge in [-0.1, -0.05) is 0 Å². The minimum atomic E-state index is -0.882. The van der Waals surface area contributed by atoms with Crippen LogP contribution < -0.4 is 0 Å². The maximum absolute atomic E-state index is 10.7. The van der Waals surface area contributed by atoms with Crippen LogP contribution >= 0.6 is 0 Å². The second-order valence-electron chi connectivity index (χ2n) is 2.84. The first-order valence-corrected chi connectivity index (χ1v) is 4.18. The number of rotatable bonds is 4. The van der Waals surface area contributed by atoms with Gasteiger partial charge in [-0.05, 0) is 13.3 Å². The van der Waals surface area contributed by atoms with E-state index in [9.17, 15) is 4.79 Å². The van der Waals surface area contributed by atoms with Crippen LogP contribution in [-0.4, -0.2) is 37.0 Å². The summed E-state index contributed by atoms with van der Waals surface area (Å²) in [6, 6.07) is 0. The number of hydrogen-bond acceptors (Lipinski definition) is 3. The zero-order valence-electron chi connectivity index (χ0n) is 7.16. The zero-order chi connectivity index (χ0) is 8.97. The largest absolute Gasteiger partial charge is 0.479 e. The van der Waals surface area contributed by atoms with E-state index in [0.29, 0.717) is 19.8 Å². The fraction of sp³-hybridized carbons (Fsp3) is 0.875. The number of ether oxygens (including phenoxy) is 2. The van der Waals surface area contributed by atoms with Gasteiger partial charge in [0.05, 0.1) is 6.61 Å². The molecule has 0 aromatic rings. The number of aliphatic carboxylic acids is 1. The summed E-state index contributed by atoms with van der Waals surface area (Å²) in [5.74, 6) is -0.852. The van der Waals surface area contributed by atoms with Crippen LogP contribution in [-0.2, 0) is 14.3 Å². The summed E-state index contributed by atoms with van der Waals surface area (Å²) in [6.07, 6.45) is 0.106. The smallest absolute Gasteiger partial charge is 0.333 e. The van der Waals surface area contributed by atoms with Crippen LogP contribution in [0.15, 0.2) is 0 Å². The Balaban J connectivity index is 2.45. The summed E-state index contributed by atoms with van der Waals surface area (Å²) in [5.41, 5.74) is 0. The van der Waals surface area contributed by atoms with Crippen LogP contribution in [0.4, 0.5) is 0 Å². The molecule has 2 atom stereocenters. The van der Waals surface area contributed by atoms with Gasteiger partial charge in [-0.15, -0.1) is 0 Å². The van der Waals surface area contributed by atoms with E-state index >= 15 is 0 Å². The molecule has 4 heteroatoms. The number of carboxylic acid groups (broad SMARTS) is 1. The van der Waals surface area contributed by atoms with Crippen molar-refractivity contribution in [2.24, 2.45) is 5.92 Å². The molecule has 0 unspecified atom stereocenters. The second-order valence-corrected chi connectivity index (χ2v) is 2.84. The molecule has 12 heavy (non-hydrogen) atoms. The fourth-order valence-corrected chi connectivity index (χ4v) is 1.38. The summed E-state index contributed by atoms with van der Waals surface area (Å²) in [6.45, 7) is 3.40. The van der Waals surface area contributed by atoms with Gasteiger partial charge in [-0.3, -0.25) is 0 Å². The lowest BCUT2D eigenvalue weighted by atomic mass is 10.0. The third-order valence-electron chi connectivity index (χ3n) is 1.98. The van der Waals surface area contributed by atoms with Gasteiger partial charge in [0.15, 0.2) is 6.10 Å². The third kappa shape index (κ3) is 2.19. The summed E-state index contributed by atoms with van der Waals surface area (Å²) in [4.78, 5) is 10.7. The van der Waals surface area contributed by atoms with E-state index in [0.717, 1.165) is 6.42 Å². The molecule has 0 amide bonds. The molecule has 0 aliphatic carbocycles. The summed E-state index contributed by atoms with van der Waals surface area (Å²) in [5, 5.41) is 8.78. The van der Waals surface area contributed by atoms with Crippen LogP contribution in [0.2, 0.25) is 0 Å². The van der Waals surface area contributed by atoms with Crippen molar-refractivity contribution in [1.82, 2.24) is 0 Å². The highest BCUT2D eigenvalue weighted by Gasteiger charge is 2.31. The minimum Gasteiger partial charge on any atom is -0.479 e. The van der Waals surface area contributed by atoms with Crippen molar-refractivity contribution >= 4 is 5.97 Å². The van der Waals surface area contributed by atoms with Gasteiger partial charge in [-0.25, -0.2) is 4.79 Å². The van der Waals surface area contributed by atoms with Crippen molar-refractivity contribution in [1.29, 1.82) is 0 Å². The zero-order valence-corrected chi connectivity index (χ0v) is 7.16. The molecule has 1 N–H and O–H groups in total. The Morgan fingerprint density at radius 2 is 2.58 bits per heavy atom. The van der Waals surface area contributed by atoms with Gasteiger partial charge in [0, 0.05) is 19.1 Å². The number of carbonyl (C=O) groups is 1. The van der Waals surface area contributed by atoms with Crippen LogP contribution in [0.1, 0.15) is 13.3 Å². The van der Waals surface area contributed by atoms with E-state index in [1.165, 1.54) is 0 Å². The average molecular weight is 174 g/mol. The van der Waals surface area contributed by atoms with Crippen LogP contribution in [0.5, 0.6) is 0 Å². The topological polar surface area (TPSA) is 55.8 Å². The quantitative estimate of drug-likeness (QED) is 0.674. The lowest BCUT2D eigenvalue weighted by molar-refractivity contribution is -0.154. The second kappa shape index (κ2) is 4.42. The van der Waals surface area contributed by atoms with E-state index in [-0.39, 0.29) is 5.92 Å². The maximum atomic E-state index is 10.7. The lowest BCUT2D eigenvalue weighted by Gasteiger charge is -2.17. The van der Waals surface area contributed by atoms with E-state index in [1.807, 2.05) is 0 Å². The molecule has 1 rings (SSSR count). The Bertz CT molecular complexity index is 151. The molecule has 0 aromatic heterocycles. The minimum absolute atomic E-state index is 0.0300. The SMILES string of the molecule is CCO[C@@H](C(=O)O)[C@@H]1CCOC1. The van der Waals surface area contributed by atoms with Crippen molar-refractivity contribution in [2.75, 3.05) is 19.8 Å². The highest BCUT2D eigenvalue weighted by atomic mass is 16.5. The Hall–Kier alpha value is -0.610. The van der Waals surface area contributed by atoms with Gasteiger partial charge in [-0.2, -0.15) is 0 Å². The third-order valence-corrected chi connectivity index (χ3v) is 1.98. The van der Waals surface area contributed by atoms with Crippen LogP contribution in [0, 0.1) is 5.92 Å². The van der Waals surface area contributed by atoms with Gasteiger partial charge in [0.1, 0.15) is 0 Å². The van der Waals surface area contributed by atoms with E-state index in [4.69, 9.17) is 14.6 Å². The predicted octanol–water partition coefficient (Wildman–Crippen LogP) is 0.513. The van der Waals surface area contributed by atoms with Gasteiger partial charge >= 0.3 is 5.97 Å². The molecule has 0 spiro atoms. The Kier molecular flexibility index (Phi) is 3.49. The van der Waals surface area contributed by atoms with Gasteiger partial charge < -0.3 is 14.6 Å². The van der Waals surface area contributed by atoms with Crippen molar-refractivity contribution in [3.05, 3.63) is 0 Å². The first-order valence-electron chi connectivity index (χ1n) is 4.18. The van der Waals surface area contributed by atoms with Crippen molar-refractivity contribution in [3.8, 4) is 0 Å². The summed E-state index contributed by atoms with van der Waals surface area (Å²) >= 11 is 0. The molecule has 1 saturated heterocycles. The lowest BCUT2D eigenvalue weighted by Crippen LogP contribution is -2.32. The predicted molar refractivity (Wildman–Crippen MR) is 42.0 cm³/mol. The molecule has 70 valence electrons. The van der Waals surface area contributed by atoms with Gasteiger partial charge in [0.2, 0.25) is 0 Å². The molecule has 4 nitrogen and oxygen atoms in total.